The first kappa shape index (κ1) is 22.9. The van der Waals surface area contributed by atoms with Gasteiger partial charge in [-0.2, -0.15) is 0 Å². The van der Waals surface area contributed by atoms with E-state index in [0.29, 0.717) is 62.1 Å². The Hall–Kier alpha value is -1.85. The van der Waals surface area contributed by atoms with Gasteiger partial charge in [0.25, 0.3) is 0 Å². The third-order valence-electron chi connectivity index (χ3n) is 11.0. The van der Waals surface area contributed by atoms with Gasteiger partial charge in [-0.25, -0.2) is 0 Å². The van der Waals surface area contributed by atoms with Crippen LogP contribution in [0.15, 0.2) is 12.2 Å². The van der Waals surface area contributed by atoms with Crippen LogP contribution in [0.1, 0.15) is 71.6 Å². The van der Waals surface area contributed by atoms with Crippen LogP contribution in [-0.2, 0) is 14.4 Å². The molecule has 2 N–H and O–H groups in total. The average Bonchev–Trinajstić information content (AvgIpc) is 3.13. The van der Waals surface area contributed by atoms with Crippen LogP contribution in [0.5, 0.6) is 0 Å². The number of nitrogens with two attached hydrogens (primary N) is 1. The van der Waals surface area contributed by atoms with Crippen molar-refractivity contribution >= 4 is 17.7 Å². The summed E-state index contributed by atoms with van der Waals surface area (Å²) in [4.78, 5) is 40.9. The quantitative estimate of drug-likeness (QED) is 0.708. The van der Waals surface area contributed by atoms with E-state index in [-0.39, 0.29) is 34.5 Å². The number of likely N-dealkylation sites (N-methyl/N-ethyl adjacent to an activating group) is 1. The molecule has 6 heteroatoms. The van der Waals surface area contributed by atoms with Crippen LogP contribution in [0, 0.1) is 40.4 Å². The van der Waals surface area contributed by atoms with Crippen LogP contribution in [0.2, 0.25) is 0 Å². The lowest BCUT2D eigenvalue weighted by atomic mass is 9.47. The molecule has 0 spiro atoms. The maximum Gasteiger partial charge on any atom is 0.246 e. The molecule has 0 aromatic carbocycles. The zero-order valence-electron chi connectivity index (χ0n) is 20.6. The second-order valence-electron chi connectivity index (χ2n) is 12.2. The summed E-state index contributed by atoms with van der Waals surface area (Å²) in [6, 6.07) is 0.322. The van der Waals surface area contributed by atoms with Crippen molar-refractivity contribution in [3.63, 3.8) is 0 Å². The minimum absolute atomic E-state index is 0.0719. The lowest BCUT2D eigenvalue weighted by Gasteiger charge is -2.60. The van der Waals surface area contributed by atoms with Gasteiger partial charge >= 0.3 is 0 Å². The van der Waals surface area contributed by atoms with Crippen molar-refractivity contribution in [2.75, 3.05) is 20.1 Å². The number of amides is 3. The molecule has 3 amide bonds. The smallest absolute Gasteiger partial charge is 0.246 e. The van der Waals surface area contributed by atoms with Crippen molar-refractivity contribution in [1.29, 1.82) is 0 Å². The van der Waals surface area contributed by atoms with E-state index >= 15 is 0 Å². The lowest BCUT2D eigenvalue weighted by Crippen LogP contribution is -2.59. The number of hydrogen-bond acceptors (Lipinski definition) is 3. The van der Waals surface area contributed by atoms with E-state index in [2.05, 4.69) is 19.9 Å². The van der Waals surface area contributed by atoms with E-state index < -0.39 is 0 Å². The van der Waals surface area contributed by atoms with Crippen LogP contribution in [0.3, 0.4) is 0 Å². The van der Waals surface area contributed by atoms with Crippen LogP contribution >= 0.6 is 0 Å². The summed E-state index contributed by atoms with van der Waals surface area (Å²) in [5.74, 6) is 2.60. The Kier molecular flexibility index (Phi) is 5.64. The van der Waals surface area contributed by atoms with Crippen molar-refractivity contribution in [1.82, 2.24) is 9.80 Å². The topological polar surface area (TPSA) is 83.7 Å². The molecule has 5 rings (SSSR count). The van der Waals surface area contributed by atoms with Gasteiger partial charge in [0.2, 0.25) is 17.7 Å². The van der Waals surface area contributed by atoms with Crippen molar-refractivity contribution < 1.29 is 14.4 Å². The van der Waals surface area contributed by atoms with E-state index in [1.807, 2.05) is 22.9 Å². The maximum absolute atomic E-state index is 13.2. The van der Waals surface area contributed by atoms with Crippen LogP contribution < -0.4 is 5.73 Å². The number of hydrogen-bond donors (Lipinski definition) is 1. The highest BCUT2D eigenvalue weighted by atomic mass is 16.2. The molecule has 182 valence electrons. The monoisotopic (exact) mass is 455 g/mol. The molecule has 3 saturated carbocycles. The highest BCUT2D eigenvalue weighted by molar-refractivity contribution is 5.89. The predicted molar refractivity (Wildman–Crippen MR) is 127 cm³/mol. The standard InChI is InChI=1S/C27H41N3O3/c1-26-12-8-21-19(5-7-22-27(21,2)13-9-23(31)29(22)3)20(26)6-4-18(26)16-24(32)30-14-10-17(11-15-30)25(28)33/h9,13,17-22H,4-8,10-12,14-16H2,1-3H3,(H2,28,33)/t18-,19+,20+,21+,22-,26-,27-/m1/s1. The molecule has 33 heavy (non-hydrogen) atoms. The van der Waals surface area contributed by atoms with Crippen LogP contribution in [0.25, 0.3) is 0 Å². The molecular weight excluding hydrogens is 414 g/mol. The van der Waals surface area contributed by atoms with Gasteiger partial charge < -0.3 is 15.5 Å². The van der Waals surface area contributed by atoms with E-state index in [4.69, 9.17) is 5.73 Å². The molecular formula is C27H41N3O3. The summed E-state index contributed by atoms with van der Waals surface area (Å²) >= 11 is 0. The third-order valence-corrected chi connectivity index (χ3v) is 11.0. The first-order chi connectivity index (χ1) is 15.6. The number of primary amides is 1. The van der Waals surface area contributed by atoms with Gasteiger partial charge in [-0.3, -0.25) is 14.4 Å². The van der Waals surface area contributed by atoms with Gasteiger partial charge in [-0.05, 0) is 86.5 Å². The summed E-state index contributed by atoms with van der Waals surface area (Å²) in [5.41, 5.74) is 5.78. The fourth-order valence-electron chi connectivity index (χ4n) is 8.94. The minimum Gasteiger partial charge on any atom is -0.369 e. The first-order valence-corrected chi connectivity index (χ1v) is 13.2. The van der Waals surface area contributed by atoms with Gasteiger partial charge in [0, 0.05) is 43.9 Å². The van der Waals surface area contributed by atoms with Crippen LogP contribution in [0.4, 0.5) is 0 Å². The molecule has 5 aliphatic rings. The van der Waals surface area contributed by atoms with Crippen molar-refractivity contribution in [2.24, 2.45) is 46.2 Å². The Balaban J connectivity index is 1.27. The number of likely N-dealkylation sites (tertiary alicyclic amines) is 1. The normalized spacial score (nSPS) is 43.1. The van der Waals surface area contributed by atoms with E-state index in [1.165, 1.54) is 25.7 Å². The highest BCUT2D eigenvalue weighted by Crippen LogP contribution is 2.66. The number of piperidine rings is 1. The van der Waals surface area contributed by atoms with E-state index in [1.54, 1.807) is 0 Å². The molecule has 1 saturated heterocycles. The first-order valence-electron chi connectivity index (χ1n) is 13.2. The van der Waals surface area contributed by atoms with Gasteiger partial charge in [-0.15, -0.1) is 0 Å². The number of carbonyl (C=O) groups is 3. The fraction of sp³-hybridized carbons (Fsp3) is 0.815. The number of nitrogens with zero attached hydrogens (tertiary/aromatic N) is 2. The van der Waals surface area contributed by atoms with Gasteiger partial charge in [0.1, 0.15) is 0 Å². The SMILES string of the molecule is CN1C(=O)C=C[C@]2(C)[C@H]3CC[C@]4(C)[C@@H](CC(=O)N5CCC(C(N)=O)CC5)CC[C@H]4[C@@H]3CC[C@@H]12. The Bertz CT molecular complexity index is 863. The van der Waals surface area contributed by atoms with E-state index in [0.717, 1.165) is 12.8 Å². The summed E-state index contributed by atoms with van der Waals surface area (Å²) in [6.45, 7) is 6.20. The number of rotatable bonds is 3. The molecule has 0 aromatic rings. The second-order valence-corrected chi connectivity index (χ2v) is 12.2. The third kappa shape index (κ3) is 3.54. The highest BCUT2D eigenvalue weighted by Gasteiger charge is 2.60. The Morgan fingerprint density at radius 3 is 2.45 bits per heavy atom. The van der Waals surface area contributed by atoms with Gasteiger partial charge in [0.05, 0.1) is 0 Å². The van der Waals surface area contributed by atoms with Crippen molar-refractivity contribution in [2.45, 2.75) is 77.7 Å². The van der Waals surface area contributed by atoms with Crippen molar-refractivity contribution in [3.05, 3.63) is 12.2 Å². The second kappa shape index (κ2) is 8.13. The lowest BCUT2D eigenvalue weighted by molar-refractivity contribution is -0.140. The predicted octanol–water partition coefficient (Wildman–Crippen LogP) is 3.36. The summed E-state index contributed by atoms with van der Waals surface area (Å²) in [6.07, 6.45) is 13.2. The molecule has 6 nitrogen and oxygen atoms in total. The zero-order chi connectivity index (χ0) is 23.5. The Labute approximate surface area is 198 Å². The molecule has 2 heterocycles. The molecule has 0 unspecified atom stereocenters. The summed E-state index contributed by atoms with van der Waals surface area (Å²) < 4.78 is 0. The number of fused-ring (bicyclic) bond motifs is 5. The molecule has 2 aliphatic heterocycles. The average molecular weight is 456 g/mol. The fourth-order valence-corrected chi connectivity index (χ4v) is 8.94. The van der Waals surface area contributed by atoms with Crippen LogP contribution in [-0.4, -0.2) is 53.7 Å². The molecule has 4 fully saturated rings. The molecule has 3 aliphatic carbocycles. The Morgan fingerprint density at radius 2 is 1.76 bits per heavy atom. The van der Waals surface area contributed by atoms with Crippen molar-refractivity contribution in [3.8, 4) is 0 Å². The molecule has 0 aromatic heterocycles. The van der Waals surface area contributed by atoms with E-state index in [9.17, 15) is 14.4 Å². The van der Waals surface area contributed by atoms with Gasteiger partial charge in [0.15, 0.2) is 0 Å². The maximum atomic E-state index is 13.2. The van der Waals surface area contributed by atoms with Gasteiger partial charge in [-0.1, -0.05) is 19.9 Å². The largest absolute Gasteiger partial charge is 0.369 e. The summed E-state index contributed by atoms with van der Waals surface area (Å²) in [5, 5.41) is 0. The molecule has 0 radical (unpaired) electrons. The zero-order valence-corrected chi connectivity index (χ0v) is 20.6. The Morgan fingerprint density at radius 1 is 1.03 bits per heavy atom. The minimum atomic E-state index is -0.225. The molecule has 0 bridgehead atoms. The molecule has 7 atom stereocenters. The summed E-state index contributed by atoms with van der Waals surface area (Å²) in [7, 11) is 1.98. The number of carbonyl (C=O) groups excluding carboxylic acids is 3.